The van der Waals surface area contributed by atoms with E-state index in [2.05, 4.69) is 15.5 Å². The minimum absolute atomic E-state index is 0.0578. The Morgan fingerprint density at radius 2 is 2.20 bits per heavy atom. The van der Waals surface area contributed by atoms with Crippen LogP contribution in [0.15, 0.2) is 12.3 Å². The van der Waals surface area contributed by atoms with Crippen molar-refractivity contribution in [3.05, 3.63) is 17.1 Å². The number of alkyl halides is 3. The molecule has 0 saturated heterocycles. The molecule has 108 valence electrons. The summed E-state index contributed by atoms with van der Waals surface area (Å²) in [4.78, 5) is 12.6. The van der Waals surface area contributed by atoms with Gasteiger partial charge in [0.25, 0.3) is 5.91 Å². The maximum absolute atomic E-state index is 12.0. The number of carbonyl (C=O) groups is 1. The van der Waals surface area contributed by atoms with Gasteiger partial charge in [0.05, 0.1) is 11.9 Å². The second-order valence-electron chi connectivity index (χ2n) is 4.07. The fourth-order valence-corrected chi connectivity index (χ4v) is 2.57. The largest absolute Gasteiger partial charge is 0.397 e. The van der Waals surface area contributed by atoms with E-state index >= 15 is 0 Å². The van der Waals surface area contributed by atoms with Gasteiger partial charge in [-0.15, -0.1) is 16.4 Å². The molecule has 9 heteroatoms. The lowest BCUT2D eigenvalue weighted by Gasteiger charge is -2.07. The molecule has 20 heavy (non-hydrogen) atoms. The standard InChI is InChI=1S/C11H11F3N4OS/c12-11(13,14)3-1-4-16-9(19)8-7(15)6-2-5-17-18-10(6)20-8/h2,5H,1,3-4,15H2,(H,16,19). The molecular weight excluding hydrogens is 293 g/mol. The summed E-state index contributed by atoms with van der Waals surface area (Å²) in [5.41, 5.74) is 6.09. The zero-order chi connectivity index (χ0) is 14.8. The number of fused-ring (bicyclic) bond motifs is 1. The topological polar surface area (TPSA) is 80.9 Å². The maximum atomic E-state index is 12.0. The van der Waals surface area contributed by atoms with Crippen LogP contribution in [0.2, 0.25) is 0 Å². The molecule has 5 nitrogen and oxygen atoms in total. The summed E-state index contributed by atoms with van der Waals surface area (Å²) in [7, 11) is 0. The lowest BCUT2D eigenvalue weighted by Crippen LogP contribution is -2.25. The van der Waals surface area contributed by atoms with Crippen molar-refractivity contribution in [2.24, 2.45) is 0 Å². The lowest BCUT2D eigenvalue weighted by atomic mass is 10.2. The van der Waals surface area contributed by atoms with Gasteiger partial charge in [0.15, 0.2) is 0 Å². The van der Waals surface area contributed by atoms with E-state index in [1.807, 2.05) is 0 Å². The van der Waals surface area contributed by atoms with Crippen molar-refractivity contribution in [1.29, 1.82) is 0 Å². The van der Waals surface area contributed by atoms with Crippen molar-refractivity contribution >= 4 is 33.1 Å². The van der Waals surface area contributed by atoms with E-state index in [-0.39, 0.29) is 23.5 Å². The first-order valence-corrected chi connectivity index (χ1v) is 6.55. The van der Waals surface area contributed by atoms with E-state index in [0.717, 1.165) is 11.3 Å². The smallest absolute Gasteiger partial charge is 0.389 e. The molecule has 2 aromatic heterocycles. The van der Waals surface area contributed by atoms with Crippen molar-refractivity contribution in [3.63, 3.8) is 0 Å². The maximum Gasteiger partial charge on any atom is 0.389 e. The van der Waals surface area contributed by atoms with Gasteiger partial charge in [0.1, 0.15) is 9.71 Å². The lowest BCUT2D eigenvalue weighted by molar-refractivity contribution is -0.135. The van der Waals surface area contributed by atoms with Gasteiger partial charge in [-0.1, -0.05) is 0 Å². The molecule has 0 bridgehead atoms. The average Bonchev–Trinajstić information content (AvgIpc) is 2.72. The molecule has 0 unspecified atom stereocenters. The normalized spacial score (nSPS) is 11.8. The fourth-order valence-electron chi connectivity index (χ4n) is 1.61. The number of anilines is 1. The fraction of sp³-hybridized carbons (Fsp3) is 0.364. The summed E-state index contributed by atoms with van der Waals surface area (Å²) in [5, 5.41) is 10.5. The van der Waals surface area contributed by atoms with Crippen molar-refractivity contribution in [2.75, 3.05) is 12.3 Å². The number of rotatable bonds is 4. The number of nitrogens with one attached hydrogen (secondary N) is 1. The number of nitrogen functional groups attached to an aromatic ring is 1. The quantitative estimate of drug-likeness (QED) is 0.850. The summed E-state index contributed by atoms with van der Waals surface area (Å²) in [6.45, 7) is -0.0578. The molecule has 2 heterocycles. The van der Waals surface area contributed by atoms with Crippen molar-refractivity contribution in [1.82, 2.24) is 15.5 Å². The molecule has 2 aromatic rings. The summed E-state index contributed by atoms with van der Waals surface area (Å²) in [6.07, 6.45) is -3.85. The number of halogens is 3. The van der Waals surface area contributed by atoms with Gasteiger partial charge in [-0.05, 0) is 12.5 Å². The molecule has 0 saturated carbocycles. The van der Waals surface area contributed by atoms with Crippen LogP contribution in [0.5, 0.6) is 0 Å². The minimum Gasteiger partial charge on any atom is -0.397 e. The molecule has 0 fully saturated rings. The van der Waals surface area contributed by atoms with Crippen LogP contribution in [0.3, 0.4) is 0 Å². The monoisotopic (exact) mass is 304 g/mol. The van der Waals surface area contributed by atoms with Crippen molar-refractivity contribution in [2.45, 2.75) is 19.0 Å². The van der Waals surface area contributed by atoms with Crippen LogP contribution in [0.4, 0.5) is 18.9 Å². The van der Waals surface area contributed by atoms with Crippen LogP contribution < -0.4 is 11.1 Å². The Hall–Kier alpha value is -1.90. The molecule has 3 N–H and O–H groups in total. The van der Waals surface area contributed by atoms with Gasteiger partial charge in [0, 0.05) is 18.4 Å². The highest BCUT2D eigenvalue weighted by Gasteiger charge is 2.26. The Balaban J connectivity index is 1.99. The third kappa shape index (κ3) is 3.35. The summed E-state index contributed by atoms with van der Waals surface area (Å²) in [6, 6.07) is 1.63. The Labute approximate surface area is 116 Å². The zero-order valence-electron chi connectivity index (χ0n) is 10.2. The van der Waals surface area contributed by atoms with Crippen LogP contribution in [0, 0.1) is 0 Å². The molecule has 2 rings (SSSR count). The van der Waals surface area contributed by atoms with Crippen LogP contribution in [-0.2, 0) is 0 Å². The summed E-state index contributed by atoms with van der Waals surface area (Å²) in [5.74, 6) is -0.493. The highest BCUT2D eigenvalue weighted by Crippen LogP contribution is 2.31. The molecule has 0 spiro atoms. The molecule has 0 atom stereocenters. The molecule has 0 aromatic carbocycles. The van der Waals surface area contributed by atoms with Crippen molar-refractivity contribution in [3.8, 4) is 0 Å². The number of carbonyl (C=O) groups excluding carboxylic acids is 1. The van der Waals surface area contributed by atoms with Crippen LogP contribution >= 0.6 is 11.3 Å². The highest BCUT2D eigenvalue weighted by molar-refractivity contribution is 7.21. The van der Waals surface area contributed by atoms with Gasteiger partial charge in [-0.2, -0.15) is 18.3 Å². The number of amides is 1. The van der Waals surface area contributed by atoms with Crippen molar-refractivity contribution < 1.29 is 18.0 Å². The van der Waals surface area contributed by atoms with Crippen LogP contribution in [0.25, 0.3) is 10.2 Å². The average molecular weight is 304 g/mol. The Morgan fingerprint density at radius 3 is 2.85 bits per heavy atom. The Morgan fingerprint density at radius 1 is 1.45 bits per heavy atom. The number of hydrogen-bond acceptors (Lipinski definition) is 5. The molecule has 1 amide bonds. The van der Waals surface area contributed by atoms with Crippen LogP contribution in [-0.4, -0.2) is 28.8 Å². The van der Waals surface area contributed by atoms with E-state index in [4.69, 9.17) is 5.73 Å². The van der Waals surface area contributed by atoms with Gasteiger partial charge in [0.2, 0.25) is 0 Å². The first-order valence-electron chi connectivity index (χ1n) is 5.73. The first kappa shape index (κ1) is 14.5. The second kappa shape index (κ2) is 5.61. The Kier molecular flexibility index (Phi) is 4.07. The minimum atomic E-state index is -4.21. The van der Waals surface area contributed by atoms with E-state index in [1.165, 1.54) is 6.20 Å². The predicted octanol–water partition coefficient (Wildman–Crippen LogP) is 2.35. The molecule has 0 aliphatic carbocycles. The van der Waals surface area contributed by atoms with Gasteiger partial charge in [-0.3, -0.25) is 4.79 Å². The van der Waals surface area contributed by atoms with E-state index in [0.29, 0.717) is 10.2 Å². The third-order valence-corrected chi connectivity index (χ3v) is 3.65. The van der Waals surface area contributed by atoms with Crippen LogP contribution in [0.1, 0.15) is 22.5 Å². The third-order valence-electron chi connectivity index (χ3n) is 2.55. The molecule has 0 aliphatic rings. The summed E-state index contributed by atoms with van der Waals surface area (Å²) >= 11 is 1.06. The Bertz CT molecular complexity index is 626. The number of nitrogens with two attached hydrogens (primary N) is 1. The second-order valence-corrected chi connectivity index (χ2v) is 5.07. The van der Waals surface area contributed by atoms with Gasteiger partial charge >= 0.3 is 6.18 Å². The van der Waals surface area contributed by atoms with Gasteiger partial charge in [-0.25, -0.2) is 0 Å². The van der Waals surface area contributed by atoms with E-state index < -0.39 is 18.5 Å². The van der Waals surface area contributed by atoms with E-state index in [9.17, 15) is 18.0 Å². The first-order chi connectivity index (χ1) is 9.38. The summed E-state index contributed by atoms with van der Waals surface area (Å²) < 4.78 is 35.9. The van der Waals surface area contributed by atoms with Gasteiger partial charge < -0.3 is 11.1 Å². The highest BCUT2D eigenvalue weighted by atomic mass is 32.1. The zero-order valence-corrected chi connectivity index (χ0v) is 11.0. The number of thiophene rings is 1. The molecule has 0 radical (unpaired) electrons. The number of aromatic nitrogens is 2. The predicted molar refractivity (Wildman–Crippen MR) is 69.4 cm³/mol. The number of nitrogens with zero attached hydrogens (tertiary/aromatic N) is 2. The SMILES string of the molecule is Nc1c(C(=O)NCCCC(F)(F)F)sc2nnccc12. The number of hydrogen-bond donors (Lipinski definition) is 2. The molecule has 0 aliphatic heterocycles. The van der Waals surface area contributed by atoms with E-state index in [1.54, 1.807) is 6.07 Å². The molecular formula is C11H11F3N4OS.